The Labute approximate surface area is 95.0 Å². The van der Waals surface area contributed by atoms with Crippen LogP contribution in [0, 0.1) is 0 Å². The van der Waals surface area contributed by atoms with Crippen molar-refractivity contribution >= 4 is 23.5 Å². The molecule has 2 aliphatic heterocycles. The zero-order chi connectivity index (χ0) is 10.2. The fourth-order valence-electron chi connectivity index (χ4n) is 2.02. The maximum atomic E-state index is 5.98. The van der Waals surface area contributed by atoms with Gasteiger partial charge in [-0.05, 0) is 49.8 Å². The lowest BCUT2D eigenvalue weighted by Gasteiger charge is -2.24. The lowest BCUT2D eigenvalue weighted by atomic mass is 10.2. The Morgan fingerprint density at radius 2 is 2.36 bits per heavy atom. The molecule has 0 aromatic carbocycles. The molecule has 2 atom stereocenters. The molecule has 0 radical (unpaired) electrons. The molecule has 0 spiro atoms. The van der Waals surface area contributed by atoms with Gasteiger partial charge in [0.15, 0.2) is 0 Å². The smallest absolute Gasteiger partial charge is 0.115 e. The van der Waals surface area contributed by atoms with Gasteiger partial charge in [-0.25, -0.2) is 0 Å². The summed E-state index contributed by atoms with van der Waals surface area (Å²) in [5.41, 5.74) is 0. The SMILES string of the molecule is CC1=C(SC2(C)CCC(C)O2)CCS1. The molecule has 0 amide bonds. The van der Waals surface area contributed by atoms with Crippen LogP contribution in [0.1, 0.15) is 40.0 Å². The van der Waals surface area contributed by atoms with Gasteiger partial charge in [0.2, 0.25) is 0 Å². The van der Waals surface area contributed by atoms with Crippen LogP contribution in [0.2, 0.25) is 0 Å². The van der Waals surface area contributed by atoms with Crippen LogP contribution in [-0.4, -0.2) is 16.8 Å². The summed E-state index contributed by atoms with van der Waals surface area (Å²) in [5, 5.41) is 0. The number of thioether (sulfide) groups is 2. The second-order valence-electron chi connectivity index (χ2n) is 4.28. The third-order valence-corrected chi connectivity index (χ3v) is 5.54. The van der Waals surface area contributed by atoms with Crippen LogP contribution >= 0.6 is 23.5 Å². The molecular weight excluding hydrogens is 212 g/mol. The van der Waals surface area contributed by atoms with E-state index in [0.29, 0.717) is 6.10 Å². The molecule has 1 nitrogen and oxygen atoms in total. The van der Waals surface area contributed by atoms with Crippen LogP contribution in [0.15, 0.2) is 9.81 Å². The first-order chi connectivity index (χ1) is 6.59. The van der Waals surface area contributed by atoms with E-state index in [4.69, 9.17) is 4.74 Å². The lowest BCUT2D eigenvalue weighted by Crippen LogP contribution is -2.19. The Morgan fingerprint density at radius 1 is 1.57 bits per heavy atom. The second-order valence-corrected chi connectivity index (χ2v) is 7.15. The summed E-state index contributed by atoms with van der Waals surface area (Å²) in [6.07, 6.45) is 4.10. The normalized spacial score (nSPS) is 38.4. The molecule has 0 aromatic heterocycles. The number of hydrogen-bond acceptors (Lipinski definition) is 3. The van der Waals surface area contributed by atoms with Crippen LogP contribution in [-0.2, 0) is 4.74 Å². The van der Waals surface area contributed by atoms with Crippen molar-refractivity contribution in [1.29, 1.82) is 0 Å². The van der Waals surface area contributed by atoms with Gasteiger partial charge >= 0.3 is 0 Å². The molecule has 2 heterocycles. The van der Waals surface area contributed by atoms with Crippen molar-refractivity contribution in [1.82, 2.24) is 0 Å². The van der Waals surface area contributed by atoms with E-state index >= 15 is 0 Å². The van der Waals surface area contributed by atoms with Crippen molar-refractivity contribution in [3.63, 3.8) is 0 Å². The van der Waals surface area contributed by atoms with E-state index in [1.807, 2.05) is 23.5 Å². The Kier molecular flexibility index (Phi) is 3.20. The monoisotopic (exact) mass is 230 g/mol. The molecule has 2 aliphatic rings. The van der Waals surface area contributed by atoms with Crippen molar-refractivity contribution in [2.24, 2.45) is 0 Å². The van der Waals surface area contributed by atoms with Crippen LogP contribution in [0.4, 0.5) is 0 Å². The topological polar surface area (TPSA) is 9.23 Å². The van der Waals surface area contributed by atoms with Gasteiger partial charge in [-0.1, -0.05) is 11.8 Å². The predicted molar refractivity (Wildman–Crippen MR) is 65.6 cm³/mol. The largest absolute Gasteiger partial charge is 0.361 e. The summed E-state index contributed by atoms with van der Waals surface area (Å²) in [5.74, 6) is 1.26. The molecule has 2 rings (SSSR count). The highest BCUT2D eigenvalue weighted by molar-refractivity contribution is 8.08. The highest BCUT2D eigenvalue weighted by atomic mass is 32.2. The molecule has 0 aliphatic carbocycles. The van der Waals surface area contributed by atoms with Gasteiger partial charge in [-0.15, -0.1) is 11.8 Å². The third-order valence-electron chi connectivity index (χ3n) is 2.83. The van der Waals surface area contributed by atoms with Gasteiger partial charge in [0, 0.05) is 5.75 Å². The van der Waals surface area contributed by atoms with Crippen LogP contribution < -0.4 is 0 Å². The fraction of sp³-hybridized carbons (Fsp3) is 0.818. The molecule has 80 valence electrons. The molecule has 0 saturated carbocycles. The van der Waals surface area contributed by atoms with Crippen molar-refractivity contribution in [2.45, 2.75) is 51.1 Å². The summed E-state index contributed by atoms with van der Waals surface area (Å²) in [4.78, 5) is 3.13. The molecule has 1 fully saturated rings. The predicted octanol–water partition coefficient (Wildman–Crippen LogP) is 4.00. The first-order valence-corrected chi connectivity index (χ1v) is 7.09. The minimum atomic E-state index is 0.0565. The Balaban J connectivity index is 2.00. The first-order valence-electron chi connectivity index (χ1n) is 5.28. The molecule has 1 saturated heterocycles. The van der Waals surface area contributed by atoms with E-state index in [2.05, 4.69) is 20.8 Å². The standard InChI is InChI=1S/C11H18OS2/c1-8-4-6-11(3,12-8)14-10-5-7-13-9(10)2/h8H,4-7H2,1-3H3. The fourth-order valence-corrected chi connectivity index (χ4v) is 4.63. The van der Waals surface area contributed by atoms with Gasteiger partial charge in [0.1, 0.15) is 4.93 Å². The lowest BCUT2D eigenvalue weighted by molar-refractivity contribution is 0.0442. The number of allylic oxidation sites excluding steroid dienone is 2. The van der Waals surface area contributed by atoms with Crippen molar-refractivity contribution in [3.05, 3.63) is 9.81 Å². The van der Waals surface area contributed by atoms with E-state index in [9.17, 15) is 0 Å². The van der Waals surface area contributed by atoms with Gasteiger partial charge < -0.3 is 4.74 Å². The summed E-state index contributed by atoms with van der Waals surface area (Å²) in [6, 6.07) is 0. The van der Waals surface area contributed by atoms with Crippen molar-refractivity contribution < 1.29 is 4.74 Å². The van der Waals surface area contributed by atoms with E-state index in [1.165, 1.54) is 29.9 Å². The van der Waals surface area contributed by atoms with E-state index in [0.717, 1.165) is 0 Å². The first kappa shape index (κ1) is 10.9. The van der Waals surface area contributed by atoms with E-state index in [1.54, 1.807) is 4.91 Å². The maximum Gasteiger partial charge on any atom is 0.115 e. The molecule has 0 N–H and O–H groups in total. The van der Waals surface area contributed by atoms with Gasteiger partial charge in [0.05, 0.1) is 6.10 Å². The van der Waals surface area contributed by atoms with Crippen molar-refractivity contribution in [3.8, 4) is 0 Å². The number of rotatable bonds is 2. The second kappa shape index (κ2) is 4.11. The van der Waals surface area contributed by atoms with Crippen LogP contribution in [0.3, 0.4) is 0 Å². The minimum absolute atomic E-state index is 0.0565. The highest BCUT2D eigenvalue weighted by Gasteiger charge is 2.36. The van der Waals surface area contributed by atoms with Gasteiger partial charge in [-0.2, -0.15) is 0 Å². The average Bonchev–Trinajstić information content (AvgIpc) is 2.62. The zero-order valence-corrected chi connectivity index (χ0v) is 10.8. The Morgan fingerprint density at radius 3 is 2.86 bits per heavy atom. The molecule has 0 bridgehead atoms. The number of ether oxygens (including phenoxy) is 1. The third kappa shape index (κ3) is 2.31. The summed E-state index contributed by atoms with van der Waals surface area (Å²) < 4.78 is 5.98. The molecule has 2 unspecified atom stereocenters. The Hall–Kier alpha value is 0.400. The quantitative estimate of drug-likeness (QED) is 0.709. The minimum Gasteiger partial charge on any atom is -0.361 e. The van der Waals surface area contributed by atoms with E-state index in [-0.39, 0.29) is 4.93 Å². The molecule has 14 heavy (non-hydrogen) atoms. The molecular formula is C11H18OS2. The van der Waals surface area contributed by atoms with Crippen molar-refractivity contribution in [2.75, 3.05) is 5.75 Å². The molecule has 0 aromatic rings. The summed E-state index contributed by atoms with van der Waals surface area (Å²) >= 11 is 3.96. The molecule has 3 heteroatoms. The van der Waals surface area contributed by atoms with Crippen LogP contribution in [0.25, 0.3) is 0 Å². The van der Waals surface area contributed by atoms with Crippen LogP contribution in [0.5, 0.6) is 0 Å². The van der Waals surface area contributed by atoms with E-state index < -0.39 is 0 Å². The average molecular weight is 230 g/mol. The van der Waals surface area contributed by atoms with Gasteiger partial charge in [0.25, 0.3) is 0 Å². The summed E-state index contributed by atoms with van der Waals surface area (Å²) in [7, 11) is 0. The maximum absolute atomic E-state index is 5.98. The highest BCUT2D eigenvalue weighted by Crippen LogP contribution is 2.48. The number of hydrogen-bond donors (Lipinski definition) is 0. The zero-order valence-electron chi connectivity index (χ0n) is 9.13. The summed E-state index contributed by atoms with van der Waals surface area (Å²) in [6.45, 7) is 6.66. The Bertz CT molecular complexity index is 262. The van der Waals surface area contributed by atoms with Gasteiger partial charge in [-0.3, -0.25) is 0 Å².